The maximum absolute atomic E-state index is 2.57. The van der Waals surface area contributed by atoms with Crippen LogP contribution in [0.25, 0.3) is 0 Å². The Morgan fingerprint density at radius 1 is 1.36 bits per heavy atom. The van der Waals surface area contributed by atoms with Gasteiger partial charge in [-0.05, 0) is 32.9 Å². The maximum atomic E-state index is 2.57. The minimum atomic E-state index is 0.673. The first-order chi connectivity index (χ1) is 6.77. The van der Waals surface area contributed by atoms with Crippen LogP contribution in [0.4, 0.5) is 0 Å². The highest BCUT2D eigenvalue weighted by atomic mass is 15.3. The standard InChI is InChI=1S/C12H20N2/c1-11-10-13(2)8-9-14(11)12-6-4-3-5-7-12/h3-4,6,11H,5,7-10H2,1-2H3. The molecule has 0 aromatic rings. The average Bonchev–Trinajstić information content (AvgIpc) is 2.19. The molecule has 14 heavy (non-hydrogen) atoms. The fraction of sp³-hybridized carbons (Fsp3) is 0.667. The van der Waals surface area contributed by atoms with Gasteiger partial charge < -0.3 is 9.80 Å². The Kier molecular flexibility index (Phi) is 2.92. The molecule has 0 spiro atoms. The van der Waals surface area contributed by atoms with Crippen molar-refractivity contribution in [2.24, 2.45) is 0 Å². The molecule has 0 aromatic heterocycles. The molecular formula is C12H20N2. The molecule has 1 saturated heterocycles. The van der Waals surface area contributed by atoms with Crippen molar-refractivity contribution < 1.29 is 0 Å². The molecule has 0 N–H and O–H groups in total. The summed E-state index contributed by atoms with van der Waals surface area (Å²) < 4.78 is 0. The summed E-state index contributed by atoms with van der Waals surface area (Å²) in [6.07, 6.45) is 9.18. The molecule has 2 heteroatoms. The Hall–Kier alpha value is -0.760. The molecule has 78 valence electrons. The summed E-state index contributed by atoms with van der Waals surface area (Å²) in [5, 5.41) is 0. The highest BCUT2D eigenvalue weighted by Gasteiger charge is 2.22. The molecule has 0 aromatic carbocycles. The fourth-order valence-electron chi connectivity index (χ4n) is 2.40. The van der Waals surface area contributed by atoms with Crippen LogP contribution in [-0.2, 0) is 0 Å². The summed E-state index contributed by atoms with van der Waals surface area (Å²) in [5.74, 6) is 0. The molecule has 0 bridgehead atoms. The molecule has 0 amide bonds. The quantitative estimate of drug-likeness (QED) is 0.625. The van der Waals surface area contributed by atoms with Gasteiger partial charge in [0.2, 0.25) is 0 Å². The number of hydrogen-bond donors (Lipinski definition) is 0. The van der Waals surface area contributed by atoms with Crippen molar-refractivity contribution in [1.82, 2.24) is 9.80 Å². The van der Waals surface area contributed by atoms with Crippen molar-refractivity contribution in [3.63, 3.8) is 0 Å². The monoisotopic (exact) mass is 192 g/mol. The highest BCUT2D eigenvalue weighted by molar-refractivity contribution is 5.18. The van der Waals surface area contributed by atoms with Crippen molar-refractivity contribution in [1.29, 1.82) is 0 Å². The normalized spacial score (nSPS) is 29.1. The van der Waals surface area contributed by atoms with Gasteiger partial charge in [0, 0.05) is 31.4 Å². The minimum Gasteiger partial charge on any atom is -0.370 e. The lowest BCUT2D eigenvalue weighted by atomic mass is 10.1. The van der Waals surface area contributed by atoms with Gasteiger partial charge in [-0.2, -0.15) is 0 Å². The summed E-state index contributed by atoms with van der Waals surface area (Å²) >= 11 is 0. The van der Waals surface area contributed by atoms with E-state index in [1.54, 1.807) is 0 Å². The first-order valence-corrected chi connectivity index (χ1v) is 5.58. The Bertz CT molecular complexity index is 255. The number of hydrogen-bond acceptors (Lipinski definition) is 2. The van der Waals surface area contributed by atoms with Crippen molar-refractivity contribution in [2.75, 3.05) is 26.7 Å². The van der Waals surface area contributed by atoms with E-state index in [1.165, 1.54) is 38.2 Å². The third-order valence-electron chi connectivity index (χ3n) is 3.19. The van der Waals surface area contributed by atoms with Crippen molar-refractivity contribution in [2.45, 2.75) is 25.8 Å². The third-order valence-corrected chi connectivity index (χ3v) is 3.19. The van der Waals surface area contributed by atoms with Gasteiger partial charge in [-0.1, -0.05) is 12.2 Å². The van der Waals surface area contributed by atoms with E-state index in [0.29, 0.717) is 6.04 Å². The van der Waals surface area contributed by atoms with Gasteiger partial charge >= 0.3 is 0 Å². The summed E-state index contributed by atoms with van der Waals surface area (Å²) in [6, 6.07) is 0.673. The van der Waals surface area contributed by atoms with Gasteiger partial charge in [0.25, 0.3) is 0 Å². The second-order valence-corrected chi connectivity index (χ2v) is 4.43. The largest absolute Gasteiger partial charge is 0.370 e. The second kappa shape index (κ2) is 4.18. The van der Waals surface area contributed by atoms with E-state index in [1.807, 2.05) is 0 Å². The number of allylic oxidation sites excluding steroid dienone is 4. The lowest BCUT2D eigenvalue weighted by Gasteiger charge is -2.41. The van der Waals surface area contributed by atoms with Crippen LogP contribution in [0.1, 0.15) is 19.8 Å². The van der Waals surface area contributed by atoms with E-state index >= 15 is 0 Å². The maximum Gasteiger partial charge on any atom is 0.0386 e. The molecule has 1 atom stereocenters. The summed E-state index contributed by atoms with van der Waals surface area (Å²) in [6.45, 7) is 5.92. The number of rotatable bonds is 1. The molecular weight excluding hydrogens is 172 g/mol. The fourth-order valence-corrected chi connectivity index (χ4v) is 2.40. The Morgan fingerprint density at radius 2 is 2.21 bits per heavy atom. The SMILES string of the molecule is CC1CN(C)CCN1C1=CC=CCC1. The first kappa shape index (κ1) is 9.78. The average molecular weight is 192 g/mol. The zero-order valence-corrected chi connectivity index (χ0v) is 9.24. The molecule has 2 aliphatic rings. The third kappa shape index (κ3) is 2.01. The number of piperazine rings is 1. The second-order valence-electron chi connectivity index (χ2n) is 4.43. The van der Waals surface area contributed by atoms with E-state index in [-0.39, 0.29) is 0 Å². The molecule has 0 radical (unpaired) electrons. The van der Waals surface area contributed by atoms with Gasteiger partial charge in [-0.25, -0.2) is 0 Å². The lowest BCUT2D eigenvalue weighted by Crippen LogP contribution is -2.49. The predicted octanol–water partition coefficient (Wildman–Crippen LogP) is 1.86. The molecule has 0 saturated carbocycles. The zero-order valence-electron chi connectivity index (χ0n) is 9.24. The summed E-state index contributed by atoms with van der Waals surface area (Å²) in [7, 11) is 2.21. The van der Waals surface area contributed by atoms with Crippen LogP contribution in [-0.4, -0.2) is 42.5 Å². The summed E-state index contributed by atoms with van der Waals surface area (Å²) in [4.78, 5) is 4.99. The minimum absolute atomic E-state index is 0.673. The van der Waals surface area contributed by atoms with Gasteiger partial charge in [0.05, 0.1) is 0 Å². The molecule has 1 unspecified atom stereocenters. The van der Waals surface area contributed by atoms with E-state index in [2.05, 4.69) is 42.0 Å². The smallest absolute Gasteiger partial charge is 0.0386 e. The van der Waals surface area contributed by atoms with E-state index < -0.39 is 0 Å². The molecule has 1 heterocycles. The van der Waals surface area contributed by atoms with Crippen molar-refractivity contribution in [3.05, 3.63) is 23.9 Å². The van der Waals surface area contributed by atoms with Gasteiger partial charge in [-0.3, -0.25) is 0 Å². The van der Waals surface area contributed by atoms with Gasteiger partial charge in [-0.15, -0.1) is 0 Å². The van der Waals surface area contributed by atoms with Gasteiger partial charge in [0.1, 0.15) is 0 Å². The predicted molar refractivity (Wildman–Crippen MR) is 60.1 cm³/mol. The van der Waals surface area contributed by atoms with Gasteiger partial charge in [0.15, 0.2) is 0 Å². The number of nitrogens with zero attached hydrogens (tertiary/aromatic N) is 2. The van der Waals surface area contributed by atoms with Crippen molar-refractivity contribution >= 4 is 0 Å². The topological polar surface area (TPSA) is 6.48 Å². The van der Waals surface area contributed by atoms with Crippen LogP contribution >= 0.6 is 0 Å². The molecule has 1 aliphatic carbocycles. The highest BCUT2D eigenvalue weighted by Crippen LogP contribution is 2.21. The van der Waals surface area contributed by atoms with Crippen LogP contribution in [0.2, 0.25) is 0 Å². The van der Waals surface area contributed by atoms with E-state index in [0.717, 1.165) is 0 Å². The molecule has 2 rings (SSSR count). The molecule has 1 fully saturated rings. The van der Waals surface area contributed by atoms with Crippen LogP contribution in [0.3, 0.4) is 0 Å². The zero-order chi connectivity index (χ0) is 9.97. The van der Waals surface area contributed by atoms with Crippen LogP contribution in [0.5, 0.6) is 0 Å². The Morgan fingerprint density at radius 3 is 2.86 bits per heavy atom. The van der Waals surface area contributed by atoms with E-state index in [9.17, 15) is 0 Å². The Balaban J connectivity index is 2.03. The molecule has 2 nitrogen and oxygen atoms in total. The van der Waals surface area contributed by atoms with Crippen LogP contribution in [0, 0.1) is 0 Å². The van der Waals surface area contributed by atoms with E-state index in [4.69, 9.17) is 0 Å². The molecule has 1 aliphatic heterocycles. The van der Waals surface area contributed by atoms with Crippen molar-refractivity contribution in [3.8, 4) is 0 Å². The van der Waals surface area contributed by atoms with Crippen LogP contribution in [0.15, 0.2) is 23.9 Å². The Labute approximate surface area is 86.9 Å². The van der Waals surface area contributed by atoms with Crippen LogP contribution < -0.4 is 0 Å². The first-order valence-electron chi connectivity index (χ1n) is 5.58. The summed E-state index contributed by atoms with van der Waals surface area (Å²) in [5.41, 5.74) is 1.54. The number of likely N-dealkylation sites (N-methyl/N-ethyl adjacent to an activating group) is 1. The lowest BCUT2D eigenvalue weighted by molar-refractivity contribution is 0.128.